The largest absolute Gasteiger partial charge is 0.465 e. The van der Waals surface area contributed by atoms with E-state index in [9.17, 15) is 9.59 Å². The first-order valence-corrected chi connectivity index (χ1v) is 6.33. The molecule has 0 aliphatic rings. The number of alkyl halides is 1. The Bertz CT molecular complexity index is 232. The van der Waals surface area contributed by atoms with E-state index in [-0.39, 0.29) is 13.2 Å². The van der Waals surface area contributed by atoms with Crippen LogP contribution < -0.4 is 0 Å². The van der Waals surface area contributed by atoms with Crippen molar-refractivity contribution < 1.29 is 19.1 Å². The maximum Gasteiger partial charge on any atom is 0.320 e. The Morgan fingerprint density at radius 2 is 1.62 bits per heavy atom. The zero-order valence-corrected chi connectivity index (χ0v) is 11.2. The average Bonchev–Trinajstić information content (AvgIpc) is 2.25. The third-order valence-corrected chi connectivity index (χ3v) is 2.14. The van der Waals surface area contributed by atoms with Crippen molar-refractivity contribution in [1.29, 1.82) is 0 Å². The summed E-state index contributed by atoms with van der Waals surface area (Å²) in [5.41, 5.74) is 0. The maximum absolute atomic E-state index is 11.5. The van der Waals surface area contributed by atoms with Crippen molar-refractivity contribution in [2.75, 3.05) is 18.5 Å². The second-order valence-electron chi connectivity index (χ2n) is 2.92. The van der Waals surface area contributed by atoms with Crippen molar-refractivity contribution in [3.05, 3.63) is 12.2 Å². The van der Waals surface area contributed by atoms with Gasteiger partial charge in [-0.2, -0.15) is 0 Å². The fourth-order valence-electron chi connectivity index (χ4n) is 1.07. The van der Waals surface area contributed by atoms with Crippen LogP contribution in [0.2, 0.25) is 0 Å². The lowest BCUT2D eigenvalue weighted by Gasteiger charge is -2.12. The van der Waals surface area contributed by atoms with Gasteiger partial charge < -0.3 is 9.47 Å². The minimum atomic E-state index is -0.852. The highest BCUT2D eigenvalue weighted by atomic mass is 79.9. The van der Waals surface area contributed by atoms with Crippen molar-refractivity contribution in [3.8, 4) is 0 Å². The number of hydrogen-bond acceptors (Lipinski definition) is 4. The number of carbonyl (C=O) groups excluding carboxylic acids is 2. The van der Waals surface area contributed by atoms with Gasteiger partial charge in [-0.1, -0.05) is 28.1 Å². The Labute approximate surface area is 104 Å². The van der Waals surface area contributed by atoms with E-state index in [1.807, 2.05) is 6.08 Å². The fraction of sp³-hybridized carbons (Fsp3) is 0.636. The molecule has 0 fully saturated rings. The molecule has 0 radical (unpaired) electrons. The van der Waals surface area contributed by atoms with Gasteiger partial charge >= 0.3 is 11.9 Å². The summed E-state index contributed by atoms with van der Waals surface area (Å²) < 4.78 is 9.63. The fourth-order valence-corrected chi connectivity index (χ4v) is 1.33. The summed E-state index contributed by atoms with van der Waals surface area (Å²) in [5.74, 6) is -1.91. The van der Waals surface area contributed by atoms with E-state index in [1.165, 1.54) is 0 Å². The molecular formula is C11H17BrO4. The van der Waals surface area contributed by atoms with Crippen LogP contribution in [0.3, 0.4) is 0 Å². The van der Waals surface area contributed by atoms with Gasteiger partial charge in [-0.3, -0.25) is 9.59 Å². The minimum Gasteiger partial charge on any atom is -0.465 e. The predicted molar refractivity (Wildman–Crippen MR) is 64.3 cm³/mol. The Morgan fingerprint density at radius 1 is 1.12 bits per heavy atom. The molecule has 0 aromatic heterocycles. The van der Waals surface area contributed by atoms with Gasteiger partial charge in [-0.25, -0.2) is 0 Å². The Balaban J connectivity index is 4.42. The Morgan fingerprint density at radius 3 is 2.00 bits per heavy atom. The summed E-state index contributed by atoms with van der Waals surface area (Å²) in [6.45, 7) is 3.93. The van der Waals surface area contributed by atoms with Gasteiger partial charge in [0.25, 0.3) is 0 Å². The molecule has 0 saturated heterocycles. The van der Waals surface area contributed by atoms with Gasteiger partial charge in [-0.05, 0) is 20.3 Å². The number of carbonyl (C=O) groups is 2. The van der Waals surface area contributed by atoms with Crippen LogP contribution in [0.5, 0.6) is 0 Å². The second kappa shape index (κ2) is 9.39. The zero-order valence-electron chi connectivity index (χ0n) is 9.57. The van der Waals surface area contributed by atoms with Crippen LogP contribution in [0.1, 0.15) is 20.3 Å². The van der Waals surface area contributed by atoms with Gasteiger partial charge in [0.2, 0.25) is 0 Å². The van der Waals surface area contributed by atoms with Crippen molar-refractivity contribution >= 4 is 27.9 Å². The minimum absolute atomic E-state index is 0.261. The Kier molecular flexibility index (Phi) is 8.90. The third-order valence-electron chi connectivity index (χ3n) is 1.77. The molecular weight excluding hydrogens is 276 g/mol. The van der Waals surface area contributed by atoms with Crippen LogP contribution in [-0.4, -0.2) is 30.5 Å². The van der Waals surface area contributed by atoms with Crippen LogP contribution >= 0.6 is 15.9 Å². The summed E-state index contributed by atoms with van der Waals surface area (Å²) in [6, 6.07) is 0. The first kappa shape index (κ1) is 15.2. The van der Waals surface area contributed by atoms with E-state index in [1.54, 1.807) is 19.9 Å². The number of halogens is 1. The average molecular weight is 293 g/mol. The van der Waals surface area contributed by atoms with Gasteiger partial charge in [0.05, 0.1) is 13.2 Å². The highest BCUT2D eigenvalue weighted by Gasteiger charge is 2.27. The molecule has 0 unspecified atom stereocenters. The molecule has 0 spiro atoms. The smallest absolute Gasteiger partial charge is 0.320 e. The summed E-state index contributed by atoms with van der Waals surface area (Å²) in [6.07, 6.45) is 3.89. The van der Waals surface area contributed by atoms with Crippen LogP contribution in [0.25, 0.3) is 0 Å². The standard InChI is InChI=1S/C11H17BrO4/c1-3-15-10(13)9(7-5-6-8-12)11(14)16-4-2/h5-6,9H,3-4,7-8H2,1-2H3. The van der Waals surface area contributed by atoms with E-state index >= 15 is 0 Å². The van der Waals surface area contributed by atoms with E-state index in [0.717, 1.165) is 0 Å². The van der Waals surface area contributed by atoms with E-state index in [4.69, 9.17) is 9.47 Å². The van der Waals surface area contributed by atoms with Gasteiger partial charge in [-0.15, -0.1) is 0 Å². The van der Waals surface area contributed by atoms with Crippen molar-refractivity contribution in [1.82, 2.24) is 0 Å². The highest BCUT2D eigenvalue weighted by molar-refractivity contribution is 9.09. The summed E-state index contributed by atoms with van der Waals surface area (Å²) in [7, 11) is 0. The van der Waals surface area contributed by atoms with E-state index in [2.05, 4.69) is 15.9 Å². The summed E-state index contributed by atoms with van der Waals surface area (Å²) in [5, 5.41) is 0.686. The number of rotatable bonds is 7. The molecule has 0 heterocycles. The molecule has 0 saturated carbocycles. The van der Waals surface area contributed by atoms with Crippen LogP contribution in [0, 0.1) is 5.92 Å². The normalized spacial score (nSPS) is 10.8. The lowest BCUT2D eigenvalue weighted by Crippen LogP contribution is -2.27. The van der Waals surface area contributed by atoms with Crippen molar-refractivity contribution in [3.63, 3.8) is 0 Å². The highest BCUT2D eigenvalue weighted by Crippen LogP contribution is 2.10. The third kappa shape index (κ3) is 5.90. The van der Waals surface area contributed by atoms with Crippen LogP contribution in [0.4, 0.5) is 0 Å². The summed E-state index contributed by atoms with van der Waals surface area (Å²) in [4.78, 5) is 23.0. The number of ether oxygens (including phenoxy) is 2. The maximum atomic E-state index is 11.5. The number of allylic oxidation sites excluding steroid dienone is 2. The molecule has 0 aromatic carbocycles. The molecule has 0 rings (SSSR count). The molecule has 0 aliphatic heterocycles. The van der Waals surface area contributed by atoms with Crippen LogP contribution in [0.15, 0.2) is 12.2 Å². The first-order chi connectivity index (χ1) is 7.67. The molecule has 92 valence electrons. The lowest BCUT2D eigenvalue weighted by molar-refractivity contribution is -0.161. The first-order valence-electron chi connectivity index (χ1n) is 5.21. The number of hydrogen-bond donors (Lipinski definition) is 0. The molecule has 0 N–H and O–H groups in total. The van der Waals surface area contributed by atoms with Crippen LogP contribution in [-0.2, 0) is 19.1 Å². The molecule has 0 amide bonds. The van der Waals surface area contributed by atoms with Gasteiger partial charge in [0, 0.05) is 5.33 Å². The molecule has 0 aliphatic carbocycles. The Hall–Kier alpha value is -0.840. The second-order valence-corrected chi connectivity index (χ2v) is 3.57. The molecule has 16 heavy (non-hydrogen) atoms. The predicted octanol–water partition coefficient (Wildman–Crippen LogP) is 2.07. The van der Waals surface area contributed by atoms with Gasteiger partial charge in [0.15, 0.2) is 5.92 Å². The van der Waals surface area contributed by atoms with E-state index < -0.39 is 17.9 Å². The topological polar surface area (TPSA) is 52.6 Å². The molecule has 0 bridgehead atoms. The quantitative estimate of drug-likeness (QED) is 0.312. The molecule has 0 aromatic rings. The zero-order chi connectivity index (χ0) is 12.4. The van der Waals surface area contributed by atoms with Crippen molar-refractivity contribution in [2.24, 2.45) is 5.92 Å². The molecule has 0 atom stereocenters. The van der Waals surface area contributed by atoms with Crippen molar-refractivity contribution in [2.45, 2.75) is 20.3 Å². The van der Waals surface area contributed by atoms with Gasteiger partial charge in [0.1, 0.15) is 0 Å². The molecule has 4 nitrogen and oxygen atoms in total. The SMILES string of the molecule is CCOC(=O)C(CC=CCBr)C(=O)OCC. The monoisotopic (exact) mass is 292 g/mol. The lowest BCUT2D eigenvalue weighted by atomic mass is 10.1. The number of esters is 2. The summed E-state index contributed by atoms with van der Waals surface area (Å²) >= 11 is 3.22. The van der Waals surface area contributed by atoms with E-state index in [0.29, 0.717) is 11.8 Å². The molecule has 5 heteroatoms.